The van der Waals surface area contributed by atoms with Gasteiger partial charge in [0.1, 0.15) is 24.4 Å². The fourth-order valence-corrected chi connectivity index (χ4v) is 3.60. The third kappa shape index (κ3) is 4.51. The maximum absolute atomic E-state index is 12.8. The van der Waals surface area contributed by atoms with Crippen LogP contribution in [0.1, 0.15) is 19.8 Å². The molecule has 2 saturated heterocycles. The molecule has 0 spiro atoms. The van der Waals surface area contributed by atoms with Crippen molar-refractivity contribution in [3.05, 3.63) is 48.0 Å². The molecule has 0 bridgehead atoms. The Morgan fingerprint density at radius 1 is 1.23 bits per heavy atom. The van der Waals surface area contributed by atoms with E-state index in [2.05, 4.69) is 6.58 Å². The molecule has 0 aromatic rings. The van der Waals surface area contributed by atoms with Crippen LogP contribution in [0.15, 0.2) is 48.0 Å². The molecule has 9 heteroatoms. The Bertz CT molecular complexity index is 754. The van der Waals surface area contributed by atoms with Gasteiger partial charge in [0.05, 0.1) is 18.6 Å². The fourth-order valence-electron chi connectivity index (χ4n) is 3.60. The molecular weight excluding hydrogens is 396 g/mol. The number of ether oxygens (including phenoxy) is 4. The number of ketones is 1. The summed E-state index contributed by atoms with van der Waals surface area (Å²) in [6.45, 7) is 5.15. The first-order chi connectivity index (χ1) is 14.3. The van der Waals surface area contributed by atoms with Crippen LogP contribution in [-0.4, -0.2) is 76.9 Å². The lowest BCUT2D eigenvalue weighted by molar-refractivity contribution is -0.299. The summed E-state index contributed by atoms with van der Waals surface area (Å²) >= 11 is 0. The number of hydrogen-bond acceptors (Lipinski definition) is 9. The maximum atomic E-state index is 12.8. The lowest BCUT2D eigenvalue weighted by atomic mass is 9.74. The average Bonchev–Trinajstić information content (AvgIpc) is 3.17. The van der Waals surface area contributed by atoms with E-state index in [1.807, 2.05) is 6.08 Å². The van der Waals surface area contributed by atoms with Crippen molar-refractivity contribution in [3.63, 3.8) is 0 Å². The molecule has 6 unspecified atom stereocenters. The second-order valence-electron chi connectivity index (χ2n) is 7.70. The topological polar surface area (TPSA) is 135 Å². The van der Waals surface area contributed by atoms with E-state index in [1.165, 1.54) is 6.08 Å². The fraction of sp³-hybridized carbons (Fsp3) is 0.571. The summed E-state index contributed by atoms with van der Waals surface area (Å²) in [5.41, 5.74) is -0.0708. The van der Waals surface area contributed by atoms with Crippen molar-refractivity contribution in [2.75, 3.05) is 20.0 Å². The van der Waals surface area contributed by atoms with Gasteiger partial charge in [0.2, 0.25) is 6.79 Å². The summed E-state index contributed by atoms with van der Waals surface area (Å²) in [4.78, 5) is 12.8. The molecule has 0 amide bonds. The van der Waals surface area contributed by atoms with Gasteiger partial charge in [-0.15, -0.1) is 6.58 Å². The van der Waals surface area contributed by atoms with Gasteiger partial charge in [-0.3, -0.25) is 4.79 Å². The highest BCUT2D eigenvalue weighted by Gasteiger charge is 2.44. The standard InChI is InChI=1S/C21H28O9/c1-3-5-21(8-14-13(7-16(21)23)28-11-29-14)6-4-12(2)10-27-20-19(26)18(25)17(24)15(9-22)30-20/h3-4,7-8,15,17-20,22,24-26H,1,5-6,9-11H2,2H3. The van der Waals surface area contributed by atoms with E-state index in [-0.39, 0.29) is 19.2 Å². The third-order valence-corrected chi connectivity index (χ3v) is 5.48. The van der Waals surface area contributed by atoms with Crippen LogP contribution in [0, 0.1) is 5.41 Å². The molecule has 0 radical (unpaired) electrons. The molecule has 1 aliphatic carbocycles. The van der Waals surface area contributed by atoms with Gasteiger partial charge in [-0.1, -0.05) is 17.7 Å². The Hall–Kier alpha value is -2.01. The number of allylic oxidation sites excluding steroid dienone is 4. The predicted octanol–water partition coefficient (Wildman–Crippen LogP) is 0.0566. The van der Waals surface area contributed by atoms with Crippen molar-refractivity contribution in [1.29, 1.82) is 0 Å². The monoisotopic (exact) mass is 424 g/mol. The van der Waals surface area contributed by atoms with Gasteiger partial charge in [-0.05, 0) is 25.8 Å². The lowest BCUT2D eigenvalue weighted by Gasteiger charge is -2.39. The molecule has 30 heavy (non-hydrogen) atoms. The second kappa shape index (κ2) is 9.42. The molecule has 0 aromatic carbocycles. The summed E-state index contributed by atoms with van der Waals surface area (Å²) in [6.07, 6.45) is 0.879. The van der Waals surface area contributed by atoms with Gasteiger partial charge in [-0.25, -0.2) is 0 Å². The van der Waals surface area contributed by atoms with E-state index in [0.29, 0.717) is 24.4 Å². The van der Waals surface area contributed by atoms with Gasteiger partial charge in [0, 0.05) is 6.08 Å². The largest absolute Gasteiger partial charge is 0.454 e. The van der Waals surface area contributed by atoms with Gasteiger partial charge in [0.15, 0.2) is 23.6 Å². The van der Waals surface area contributed by atoms with Crippen LogP contribution in [0.3, 0.4) is 0 Å². The number of rotatable bonds is 8. The Morgan fingerprint density at radius 2 is 1.97 bits per heavy atom. The van der Waals surface area contributed by atoms with E-state index in [0.717, 1.165) is 5.57 Å². The van der Waals surface area contributed by atoms with Crippen LogP contribution >= 0.6 is 0 Å². The third-order valence-electron chi connectivity index (χ3n) is 5.48. The quantitative estimate of drug-likeness (QED) is 0.399. The number of fused-ring (bicyclic) bond motifs is 1. The average molecular weight is 424 g/mol. The minimum absolute atomic E-state index is 0.0539. The van der Waals surface area contributed by atoms with E-state index in [1.54, 1.807) is 19.1 Å². The number of carbonyl (C=O) groups is 1. The second-order valence-corrected chi connectivity index (χ2v) is 7.70. The Balaban J connectivity index is 1.64. The summed E-state index contributed by atoms with van der Waals surface area (Å²) < 4.78 is 21.6. The summed E-state index contributed by atoms with van der Waals surface area (Å²) in [7, 11) is 0. The molecule has 6 atom stereocenters. The summed E-state index contributed by atoms with van der Waals surface area (Å²) in [5, 5.41) is 38.9. The van der Waals surface area contributed by atoms with Crippen LogP contribution in [-0.2, 0) is 23.7 Å². The first-order valence-electron chi connectivity index (χ1n) is 9.75. The Labute approximate surface area is 174 Å². The van der Waals surface area contributed by atoms with Gasteiger partial charge in [-0.2, -0.15) is 0 Å². The first kappa shape index (κ1) is 22.7. The molecule has 0 aromatic heterocycles. The van der Waals surface area contributed by atoms with Gasteiger partial charge >= 0.3 is 0 Å². The minimum atomic E-state index is -1.50. The zero-order valence-corrected chi connectivity index (χ0v) is 16.8. The van der Waals surface area contributed by atoms with Crippen LogP contribution in [0.2, 0.25) is 0 Å². The van der Waals surface area contributed by atoms with Crippen molar-refractivity contribution < 1.29 is 44.2 Å². The highest BCUT2D eigenvalue weighted by Crippen LogP contribution is 2.40. The van der Waals surface area contributed by atoms with Crippen molar-refractivity contribution in [2.24, 2.45) is 5.41 Å². The van der Waals surface area contributed by atoms with Crippen molar-refractivity contribution in [1.82, 2.24) is 0 Å². The Kier molecular flexibility index (Phi) is 7.12. The first-order valence-corrected chi connectivity index (χ1v) is 9.75. The molecule has 3 aliphatic rings. The summed E-state index contributed by atoms with van der Waals surface area (Å²) in [5.74, 6) is 0.872. The number of carbonyl (C=O) groups excluding carboxylic acids is 1. The predicted molar refractivity (Wildman–Crippen MR) is 104 cm³/mol. The van der Waals surface area contributed by atoms with E-state index < -0.39 is 42.7 Å². The molecule has 3 rings (SSSR count). The number of aliphatic hydroxyl groups is 4. The zero-order valence-electron chi connectivity index (χ0n) is 16.8. The highest BCUT2D eigenvalue weighted by molar-refractivity contribution is 5.99. The number of hydrogen-bond donors (Lipinski definition) is 4. The molecule has 166 valence electrons. The lowest BCUT2D eigenvalue weighted by Crippen LogP contribution is -2.59. The van der Waals surface area contributed by atoms with Crippen LogP contribution in [0.25, 0.3) is 0 Å². The number of aliphatic hydroxyl groups excluding tert-OH is 4. The molecular formula is C21H28O9. The van der Waals surface area contributed by atoms with Gasteiger partial charge in [0.25, 0.3) is 0 Å². The summed E-state index contributed by atoms with van der Waals surface area (Å²) in [6, 6.07) is 0. The molecule has 0 saturated carbocycles. The van der Waals surface area contributed by atoms with E-state index >= 15 is 0 Å². The molecule has 4 N–H and O–H groups in total. The molecule has 9 nitrogen and oxygen atoms in total. The van der Waals surface area contributed by atoms with Crippen molar-refractivity contribution in [3.8, 4) is 0 Å². The molecule has 2 fully saturated rings. The molecule has 2 heterocycles. The Morgan fingerprint density at radius 3 is 2.67 bits per heavy atom. The zero-order chi connectivity index (χ0) is 21.9. The van der Waals surface area contributed by atoms with Gasteiger partial charge < -0.3 is 39.4 Å². The van der Waals surface area contributed by atoms with Crippen molar-refractivity contribution >= 4 is 5.78 Å². The van der Waals surface area contributed by atoms with E-state index in [9.17, 15) is 25.2 Å². The maximum Gasteiger partial charge on any atom is 0.231 e. The minimum Gasteiger partial charge on any atom is -0.454 e. The smallest absolute Gasteiger partial charge is 0.231 e. The van der Waals surface area contributed by atoms with E-state index in [4.69, 9.17) is 18.9 Å². The van der Waals surface area contributed by atoms with Crippen LogP contribution < -0.4 is 0 Å². The van der Waals surface area contributed by atoms with Crippen LogP contribution in [0.4, 0.5) is 0 Å². The molecule has 2 aliphatic heterocycles. The normalized spacial score (nSPS) is 36.4. The van der Waals surface area contributed by atoms with Crippen molar-refractivity contribution in [2.45, 2.75) is 50.5 Å². The van der Waals surface area contributed by atoms with Crippen LogP contribution in [0.5, 0.6) is 0 Å². The highest BCUT2D eigenvalue weighted by atomic mass is 16.7. The SMILES string of the molecule is C=CCC1(CC=C(C)COC2OC(CO)C(O)C(O)C2O)C=C2OCOC2=CC1=O.